The van der Waals surface area contributed by atoms with E-state index in [-0.39, 0.29) is 11.1 Å². The predicted molar refractivity (Wildman–Crippen MR) is 143 cm³/mol. The zero-order chi connectivity index (χ0) is 24.4. The van der Waals surface area contributed by atoms with E-state index in [4.69, 9.17) is 16.3 Å². The summed E-state index contributed by atoms with van der Waals surface area (Å²) in [5.74, 6) is 0.577. The van der Waals surface area contributed by atoms with Crippen LogP contribution < -0.4 is 9.64 Å². The molecule has 0 bridgehead atoms. The van der Waals surface area contributed by atoms with E-state index in [2.05, 4.69) is 10.6 Å². The van der Waals surface area contributed by atoms with Crippen LogP contribution in [0, 0.1) is 6.92 Å². The number of hydrogen-bond acceptors (Lipinski definition) is 4. The van der Waals surface area contributed by atoms with E-state index in [1.807, 2.05) is 61.7 Å². The number of carbonyl (C=O) groups excluding carboxylic acids is 2. The number of aromatic nitrogens is 1. The van der Waals surface area contributed by atoms with Gasteiger partial charge >= 0.3 is 0 Å². The van der Waals surface area contributed by atoms with Gasteiger partial charge in [0, 0.05) is 34.2 Å². The van der Waals surface area contributed by atoms with Gasteiger partial charge in [-0.3, -0.25) is 9.59 Å². The van der Waals surface area contributed by atoms with E-state index in [0.29, 0.717) is 22.2 Å². The number of amides is 2. The van der Waals surface area contributed by atoms with Crippen molar-refractivity contribution in [2.45, 2.75) is 19.9 Å². The molecule has 2 amide bonds. The molecule has 5 nitrogen and oxygen atoms in total. The molecule has 7 heteroatoms. The van der Waals surface area contributed by atoms with Crippen LogP contribution in [-0.4, -0.2) is 22.3 Å². The number of benzene rings is 3. The van der Waals surface area contributed by atoms with Crippen molar-refractivity contribution in [3.8, 4) is 5.75 Å². The lowest BCUT2D eigenvalue weighted by atomic mass is 10.1. The second-order valence-electron chi connectivity index (χ2n) is 8.26. The molecule has 0 radical (unpaired) electrons. The highest BCUT2D eigenvalue weighted by Crippen LogP contribution is 2.37. The number of aryl methyl sites for hydroxylation is 2. The first-order chi connectivity index (χ1) is 17.0. The van der Waals surface area contributed by atoms with Gasteiger partial charge in [0.1, 0.15) is 5.75 Å². The molecule has 2 heterocycles. The summed E-state index contributed by atoms with van der Waals surface area (Å²) in [6.07, 6.45) is 4.68. The normalized spacial score (nSPS) is 14.9. The minimum atomic E-state index is -0.328. The average molecular weight is 503 g/mol. The highest BCUT2D eigenvalue weighted by atomic mass is 35.5. The Balaban J connectivity index is 1.35. The zero-order valence-electron chi connectivity index (χ0n) is 19.1. The third-order valence-corrected chi connectivity index (χ3v) is 7.00. The Morgan fingerprint density at radius 1 is 0.971 bits per heavy atom. The van der Waals surface area contributed by atoms with E-state index >= 15 is 0 Å². The highest BCUT2D eigenvalue weighted by molar-refractivity contribution is 8.19. The Hall–Kier alpha value is -3.48. The fourth-order valence-corrected chi connectivity index (χ4v) is 5.09. The molecule has 4 aromatic rings. The quantitative estimate of drug-likeness (QED) is 0.196. The molecule has 3 aromatic carbocycles. The maximum absolute atomic E-state index is 13.1. The summed E-state index contributed by atoms with van der Waals surface area (Å²) in [6, 6.07) is 22.7. The van der Waals surface area contributed by atoms with Crippen LogP contribution in [0.5, 0.6) is 5.75 Å². The zero-order valence-corrected chi connectivity index (χ0v) is 20.7. The summed E-state index contributed by atoms with van der Waals surface area (Å²) in [4.78, 5) is 27.3. The van der Waals surface area contributed by atoms with Gasteiger partial charge in [0.05, 0.1) is 17.2 Å². The van der Waals surface area contributed by atoms with Crippen molar-refractivity contribution in [2.75, 3.05) is 11.5 Å². The van der Waals surface area contributed by atoms with Crippen molar-refractivity contribution >= 4 is 57.2 Å². The summed E-state index contributed by atoms with van der Waals surface area (Å²) in [5, 5.41) is 1.26. The second kappa shape index (κ2) is 10.0. The van der Waals surface area contributed by atoms with Crippen molar-refractivity contribution < 1.29 is 14.3 Å². The van der Waals surface area contributed by atoms with Gasteiger partial charge in [-0.05, 0) is 73.1 Å². The fourth-order valence-electron chi connectivity index (χ4n) is 4.13. The molecule has 1 fully saturated rings. The van der Waals surface area contributed by atoms with Crippen LogP contribution in [0.1, 0.15) is 17.5 Å². The average Bonchev–Trinajstić information content (AvgIpc) is 3.35. The molecule has 0 saturated carbocycles. The van der Waals surface area contributed by atoms with E-state index in [1.165, 1.54) is 4.90 Å². The van der Waals surface area contributed by atoms with Crippen LogP contribution in [0.3, 0.4) is 0 Å². The molecule has 0 unspecified atom stereocenters. The van der Waals surface area contributed by atoms with Crippen molar-refractivity contribution in [3.05, 3.63) is 100 Å². The molecule has 35 heavy (non-hydrogen) atoms. The third-order valence-electron chi connectivity index (χ3n) is 5.88. The minimum Gasteiger partial charge on any atom is -0.493 e. The summed E-state index contributed by atoms with van der Waals surface area (Å²) < 4.78 is 8.12. The summed E-state index contributed by atoms with van der Waals surface area (Å²) in [5.41, 5.74) is 3.61. The molecule has 1 saturated heterocycles. The van der Waals surface area contributed by atoms with Gasteiger partial charge in [-0.1, -0.05) is 48.0 Å². The van der Waals surface area contributed by atoms with E-state index in [1.54, 1.807) is 24.3 Å². The number of imide groups is 1. The van der Waals surface area contributed by atoms with Gasteiger partial charge in [0.2, 0.25) is 0 Å². The van der Waals surface area contributed by atoms with Crippen molar-refractivity contribution in [1.29, 1.82) is 0 Å². The van der Waals surface area contributed by atoms with Gasteiger partial charge in [0.15, 0.2) is 0 Å². The third kappa shape index (κ3) is 4.85. The molecule has 0 aliphatic carbocycles. The van der Waals surface area contributed by atoms with Crippen LogP contribution in [0.15, 0.2) is 83.9 Å². The van der Waals surface area contributed by atoms with Crippen LogP contribution in [0.2, 0.25) is 5.02 Å². The minimum absolute atomic E-state index is 0.319. The number of fused-ring (bicyclic) bond motifs is 1. The molecule has 0 atom stereocenters. The molecule has 176 valence electrons. The van der Waals surface area contributed by atoms with E-state index in [0.717, 1.165) is 52.5 Å². The number of nitrogens with zero attached hydrogens (tertiary/aromatic N) is 2. The van der Waals surface area contributed by atoms with Crippen LogP contribution in [0.25, 0.3) is 17.0 Å². The summed E-state index contributed by atoms with van der Waals surface area (Å²) >= 11 is 6.90. The van der Waals surface area contributed by atoms with E-state index in [9.17, 15) is 9.59 Å². The molecule has 1 aliphatic heterocycles. The first kappa shape index (κ1) is 23.3. The molecular formula is C28H23ClN2O3S. The Bertz CT molecular complexity index is 1440. The molecule has 1 aliphatic rings. The number of carbonyl (C=O) groups is 2. The standard InChI is InChI=1S/C28H23ClN2O3S/c1-19-7-2-5-10-25(19)34-16-6-15-30-18-20(23-8-3-4-9-24(23)30)17-26-27(32)31(28(33)35-26)22-13-11-21(29)12-14-22/h2-5,7-14,17-18H,6,15-16H2,1H3/b26-17-. The molecular weight excluding hydrogens is 480 g/mol. The molecule has 1 aromatic heterocycles. The SMILES string of the molecule is Cc1ccccc1OCCCn1cc(/C=C2\SC(=O)N(c3ccc(Cl)cc3)C2=O)c2ccccc21. The van der Waals surface area contributed by atoms with Gasteiger partial charge < -0.3 is 9.30 Å². The van der Waals surface area contributed by atoms with Crippen molar-refractivity contribution in [3.63, 3.8) is 0 Å². The smallest absolute Gasteiger partial charge is 0.298 e. The number of ether oxygens (including phenoxy) is 1. The van der Waals surface area contributed by atoms with Gasteiger partial charge in [-0.25, -0.2) is 4.90 Å². The number of anilines is 1. The molecule has 0 spiro atoms. The van der Waals surface area contributed by atoms with Gasteiger partial charge in [-0.2, -0.15) is 0 Å². The van der Waals surface area contributed by atoms with Crippen LogP contribution >= 0.6 is 23.4 Å². The fraction of sp³-hybridized carbons (Fsp3) is 0.143. The van der Waals surface area contributed by atoms with Gasteiger partial charge in [-0.15, -0.1) is 0 Å². The predicted octanol–water partition coefficient (Wildman–Crippen LogP) is 7.31. The van der Waals surface area contributed by atoms with Gasteiger partial charge in [0.25, 0.3) is 11.1 Å². The largest absolute Gasteiger partial charge is 0.493 e. The summed E-state index contributed by atoms with van der Waals surface area (Å²) in [6.45, 7) is 3.41. The number of halogens is 1. The Morgan fingerprint density at radius 2 is 1.71 bits per heavy atom. The maximum atomic E-state index is 13.1. The Labute approximate surface area is 212 Å². The first-order valence-electron chi connectivity index (χ1n) is 11.3. The number of hydrogen-bond donors (Lipinski definition) is 0. The lowest BCUT2D eigenvalue weighted by Gasteiger charge is -2.12. The number of rotatable bonds is 7. The first-order valence-corrected chi connectivity index (χ1v) is 12.5. The summed E-state index contributed by atoms with van der Waals surface area (Å²) in [7, 11) is 0. The lowest BCUT2D eigenvalue weighted by molar-refractivity contribution is -0.113. The molecule has 5 rings (SSSR count). The van der Waals surface area contributed by atoms with Crippen LogP contribution in [0.4, 0.5) is 10.5 Å². The number of thioether (sulfide) groups is 1. The topological polar surface area (TPSA) is 51.5 Å². The van der Waals surface area contributed by atoms with Crippen molar-refractivity contribution in [1.82, 2.24) is 4.57 Å². The highest BCUT2D eigenvalue weighted by Gasteiger charge is 2.36. The van der Waals surface area contributed by atoms with Crippen molar-refractivity contribution in [2.24, 2.45) is 0 Å². The second-order valence-corrected chi connectivity index (χ2v) is 9.69. The molecule has 0 N–H and O–H groups in total. The monoisotopic (exact) mass is 502 g/mol. The Morgan fingerprint density at radius 3 is 2.51 bits per heavy atom. The van der Waals surface area contributed by atoms with E-state index < -0.39 is 0 Å². The lowest BCUT2D eigenvalue weighted by Crippen LogP contribution is -2.27. The number of para-hydroxylation sites is 2. The Kier molecular flexibility index (Phi) is 6.66. The maximum Gasteiger partial charge on any atom is 0.298 e. The van der Waals surface area contributed by atoms with Crippen LogP contribution in [-0.2, 0) is 11.3 Å².